The van der Waals surface area contributed by atoms with E-state index in [0.717, 1.165) is 49.4 Å². The van der Waals surface area contributed by atoms with E-state index >= 15 is 0 Å². The van der Waals surface area contributed by atoms with Gasteiger partial charge in [0.25, 0.3) is 5.91 Å². The molecule has 15 nitrogen and oxygen atoms in total. The summed E-state index contributed by atoms with van der Waals surface area (Å²) < 4.78 is 17.8. The highest BCUT2D eigenvalue weighted by Crippen LogP contribution is 2.31. The molecule has 3 aliphatic heterocycles. The summed E-state index contributed by atoms with van der Waals surface area (Å²) in [7, 11) is 3.77. The van der Waals surface area contributed by atoms with Crippen molar-refractivity contribution in [1.82, 2.24) is 35.3 Å². The number of amides is 3. The van der Waals surface area contributed by atoms with E-state index in [9.17, 15) is 23.6 Å². The van der Waals surface area contributed by atoms with Crippen LogP contribution in [0.2, 0.25) is 0 Å². The minimum absolute atomic E-state index is 0.0481. The molecule has 6 rings (SSSR count). The number of carbonyl (C=O) groups is 3. The summed E-state index contributed by atoms with van der Waals surface area (Å²) in [5.74, 6) is -2.10. The number of fused-ring (bicyclic) bond motifs is 1. The van der Waals surface area contributed by atoms with Crippen LogP contribution in [0.25, 0.3) is 11.0 Å². The minimum atomic E-state index is -0.767. The van der Waals surface area contributed by atoms with Gasteiger partial charge < -0.3 is 36.6 Å². The highest BCUT2D eigenvalue weighted by Gasteiger charge is 2.32. The first-order valence-corrected chi connectivity index (χ1v) is 16.7. The standard InChI is InChI=1S/C35H40FN11O4/c1-44(16-13-39-20-21-17-26(24(36)18-25(21)38)42-33(49)23(19-37)32-40-11-4-12-41-32)22-9-14-46(15-10-22)27-5-3-6-28-31(27)45(2)35(51)47(28)29-7-8-30(48)43-34(29)50/h3-6,11-12,17-20,22,29,37-40H,7-10,13-16H2,1-2H3,(H,42,49)(H,43,48,50)/b21-20-,32-23-,37-19?,38-25?. The highest BCUT2D eigenvalue weighted by atomic mass is 19.1. The number of rotatable bonds is 10. The molecule has 0 saturated carbocycles. The van der Waals surface area contributed by atoms with Crippen LogP contribution in [-0.2, 0) is 21.4 Å². The zero-order valence-electron chi connectivity index (χ0n) is 28.3. The molecule has 3 amide bonds. The van der Waals surface area contributed by atoms with Crippen molar-refractivity contribution in [2.24, 2.45) is 12.0 Å². The first-order chi connectivity index (χ1) is 24.6. The third kappa shape index (κ3) is 7.21. The Balaban J connectivity index is 1.04. The normalized spacial score (nSPS) is 21.4. The molecule has 0 radical (unpaired) electrons. The van der Waals surface area contributed by atoms with E-state index < -0.39 is 23.7 Å². The van der Waals surface area contributed by atoms with Crippen LogP contribution in [0.15, 0.2) is 87.1 Å². The molecular formula is C35H40FN11O4. The van der Waals surface area contributed by atoms with Crippen LogP contribution in [-0.4, -0.2) is 89.2 Å². The number of imidazole rings is 1. The maximum atomic E-state index is 14.7. The molecule has 4 aliphatic rings. The molecule has 0 bridgehead atoms. The van der Waals surface area contributed by atoms with Gasteiger partial charge in [0.2, 0.25) is 11.8 Å². The van der Waals surface area contributed by atoms with Crippen molar-refractivity contribution in [3.05, 3.63) is 87.8 Å². The molecule has 2 aromatic rings. The maximum absolute atomic E-state index is 14.7. The Bertz CT molecular complexity index is 2040. The van der Waals surface area contributed by atoms with E-state index in [2.05, 4.69) is 43.1 Å². The number of carbonyl (C=O) groups excluding carboxylic acids is 3. The number of hydrogen-bond acceptors (Lipinski definition) is 11. The second kappa shape index (κ2) is 14.9. The van der Waals surface area contributed by atoms with Gasteiger partial charge in [-0.25, -0.2) is 14.2 Å². The number of aliphatic imine (C=N–C) groups is 1. The molecule has 1 aromatic heterocycles. The molecular weight excluding hydrogens is 657 g/mol. The van der Waals surface area contributed by atoms with Crippen LogP contribution in [0.1, 0.15) is 31.7 Å². The first kappa shape index (κ1) is 34.9. The topological polar surface area (TPSA) is 193 Å². The number of anilines is 1. The Labute approximate surface area is 293 Å². The third-order valence-electron chi connectivity index (χ3n) is 9.54. The van der Waals surface area contributed by atoms with E-state index in [1.54, 1.807) is 30.1 Å². The monoisotopic (exact) mass is 697 g/mol. The summed E-state index contributed by atoms with van der Waals surface area (Å²) in [5, 5.41) is 26.7. The van der Waals surface area contributed by atoms with E-state index in [1.165, 1.54) is 16.9 Å². The summed E-state index contributed by atoms with van der Waals surface area (Å²) in [4.78, 5) is 59.1. The predicted molar refractivity (Wildman–Crippen MR) is 192 cm³/mol. The van der Waals surface area contributed by atoms with Gasteiger partial charge in [-0.1, -0.05) is 6.07 Å². The van der Waals surface area contributed by atoms with Crippen LogP contribution >= 0.6 is 0 Å². The smallest absolute Gasteiger partial charge is 0.329 e. The first-order valence-electron chi connectivity index (χ1n) is 16.7. The number of halogens is 1. The van der Waals surface area contributed by atoms with Crippen LogP contribution < -0.4 is 31.9 Å². The predicted octanol–water partition coefficient (Wildman–Crippen LogP) is 1.63. The summed E-state index contributed by atoms with van der Waals surface area (Å²) in [6.45, 7) is 2.81. The Morgan fingerprint density at radius 2 is 1.96 bits per heavy atom. The number of aromatic nitrogens is 2. The fourth-order valence-electron chi connectivity index (χ4n) is 6.76. The van der Waals surface area contributed by atoms with Crippen molar-refractivity contribution in [3.63, 3.8) is 0 Å². The van der Waals surface area contributed by atoms with E-state index in [0.29, 0.717) is 30.2 Å². The molecule has 1 aliphatic carbocycles. The second-order valence-electron chi connectivity index (χ2n) is 12.7. The molecule has 6 N–H and O–H groups in total. The van der Waals surface area contributed by atoms with Crippen molar-refractivity contribution in [3.8, 4) is 0 Å². The average Bonchev–Trinajstić information content (AvgIpc) is 3.38. The molecule has 1 unspecified atom stereocenters. The Morgan fingerprint density at radius 1 is 1.18 bits per heavy atom. The van der Waals surface area contributed by atoms with Crippen LogP contribution in [0.5, 0.6) is 0 Å². The summed E-state index contributed by atoms with van der Waals surface area (Å²) >= 11 is 0. The minimum Gasteiger partial charge on any atom is -0.389 e. The lowest BCUT2D eigenvalue weighted by Gasteiger charge is -2.38. The second-order valence-corrected chi connectivity index (χ2v) is 12.7. The maximum Gasteiger partial charge on any atom is 0.329 e. The molecule has 266 valence electrons. The number of allylic oxidation sites excluding steroid dienone is 5. The van der Waals surface area contributed by atoms with Gasteiger partial charge in [-0.05, 0) is 50.6 Å². The molecule has 1 atom stereocenters. The number of imide groups is 1. The molecule has 16 heteroatoms. The largest absolute Gasteiger partial charge is 0.389 e. The van der Waals surface area contributed by atoms with Gasteiger partial charge in [0, 0.05) is 82.2 Å². The fraction of sp³-hybridized carbons (Fsp3) is 0.343. The number of benzene rings is 1. The van der Waals surface area contributed by atoms with Gasteiger partial charge in [0.05, 0.1) is 33.7 Å². The van der Waals surface area contributed by atoms with Crippen LogP contribution in [0.3, 0.4) is 0 Å². The highest BCUT2D eigenvalue weighted by molar-refractivity contribution is 6.14. The van der Waals surface area contributed by atoms with Gasteiger partial charge >= 0.3 is 5.69 Å². The number of nitrogens with zero attached hydrogens (tertiary/aromatic N) is 5. The van der Waals surface area contributed by atoms with Crippen molar-refractivity contribution < 1.29 is 18.8 Å². The van der Waals surface area contributed by atoms with Crippen molar-refractivity contribution in [1.29, 1.82) is 10.8 Å². The van der Waals surface area contributed by atoms with Crippen molar-refractivity contribution >= 4 is 52.6 Å². The lowest BCUT2D eigenvalue weighted by atomic mass is 10.0. The van der Waals surface area contributed by atoms with E-state index in [4.69, 9.17) is 10.8 Å². The number of aryl methyl sites for hydroxylation is 1. The average molecular weight is 698 g/mol. The van der Waals surface area contributed by atoms with Crippen molar-refractivity contribution in [2.45, 2.75) is 37.8 Å². The molecule has 1 aromatic carbocycles. The number of piperidine rings is 2. The molecule has 2 fully saturated rings. The third-order valence-corrected chi connectivity index (χ3v) is 9.54. The van der Waals surface area contributed by atoms with Crippen LogP contribution in [0, 0.1) is 10.8 Å². The van der Waals surface area contributed by atoms with Crippen LogP contribution in [0.4, 0.5) is 10.1 Å². The summed E-state index contributed by atoms with van der Waals surface area (Å²) in [6, 6.07) is 5.31. The number of likely N-dealkylation sites (N-methyl/N-ethyl adjacent to an activating group) is 1. The number of para-hydroxylation sites is 1. The summed E-state index contributed by atoms with van der Waals surface area (Å²) in [6.07, 6.45) is 11.8. The number of nitrogens with one attached hydrogen (secondary N) is 6. The van der Waals surface area contributed by atoms with Crippen molar-refractivity contribution in [2.75, 3.05) is 38.1 Å². The van der Waals surface area contributed by atoms with Gasteiger partial charge in [-0.2, -0.15) is 0 Å². The lowest BCUT2D eigenvalue weighted by Crippen LogP contribution is -2.45. The summed E-state index contributed by atoms with van der Waals surface area (Å²) in [5.41, 5.74) is 2.21. The number of hydrogen-bond donors (Lipinski definition) is 6. The Morgan fingerprint density at radius 3 is 2.67 bits per heavy atom. The van der Waals surface area contributed by atoms with Gasteiger partial charge in [0.1, 0.15) is 17.7 Å². The Hall–Kier alpha value is -5.90. The zero-order valence-corrected chi connectivity index (χ0v) is 28.3. The quantitative estimate of drug-likeness (QED) is 0.0934. The van der Waals surface area contributed by atoms with Gasteiger partial charge in [-0.15, -0.1) is 0 Å². The molecule has 0 spiro atoms. The fourth-order valence-corrected chi connectivity index (χ4v) is 6.76. The van der Waals surface area contributed by atoms with E-state index in [-0.39, 0.29) is 47.2 Å². The SMILES string of the molecule is CN(CCN/C=C1/C=C(NC(=O)/C(C=N)=C2\N=CC=CN2)C(F)=CC1=N)C1CCN(c2cccc3c2n(C)c(=O)n3C2CCC(=O)NC2=O)CC1. The Kier molecular flexibility index (Phi) is 10.2. The van der Waals surface area contributed by atoms with Gasteiger partial charge in [0.15, 0.2) is 0 Å². The van der Waals surface area contributed by atoms with E-state index in [1.807, 2.05) is 18.2 Å². The molecule has 4 heterocycles. The van der Waals surface area contributed by atoms with Gasteiger partial charge in [-0.3, -0.25) is 28.8 Å². The molecule has 2 saturated heterocycles. The molecule has 51 heavy (non-hydrogen) atoms. The lowest BCUT2D eigenvalue weighted by molar-refractivity contribution is -0.135. The zero-order chi connectivity index (χ0) is 36.2.